The smallest absolute Gasteiger partial charge is 0.305 e. The SMILES string of the molecule is O=C(CCCCCO)OCCCCCCO. The van der Waals surface area contributed by atoms with Gasteiger partial charge in [0.1, 0.15) is 0 Å². The molecule has 2 N–H and O–H groups in total. The summed E-state index contributed by atoms with van der Waals surface area (Å²) >= 11 is 0. The summed E-state index contributed by atoms with van der Waals surface area (Å²) in [7, 11) is 0. The molecular formula is C12H24O4. The summed E-state index contributed by atoms with van der Waals surface area (Å²) in [5.41, 5.74) is 0. The number of aliphatic hydroxyl groups excluding tert-OH is 2. The van der Waals surface area contributed by atoms with Gasteiger partial charge in [-0.1, -0.05) is 12.8 Å². The summed E-state index contributed by atoms with van der Waals surface area (Å²) in [4.78, 5) is 11.2. The Morgan fingerprint density at radius 3 is 2.00 bits per heavy atom. The molecule has 0 rings (SSSR count). The highest BCUT2D eigenvalue weighted by Gasteiger charge is 2.01. The van der Waals surface area contributed by atoms with Crippen LogP contribution in [0.5, 0.6) is 0 Å². The third-order valence-corrected chi connectivity index (χ3v) is 2.35. The fourth-order valence-electron chi connectivity index (χ4n) is 1.38. The number of hydrogen-bond donors (Lipinski definition) is 2. The van der Waals surface area contributed by atoms with E-state index < -0.39 is 0 Å². The minimum absolute atomic E-state index is 0.139. The van der Waals surface area contributed by atoms with E-state index in [2.05, 4.69) is 0 Å². The summed E-state index contributed by atoms with van der Waals surface area (Å²) in [6, 6.07) is 0. The van der Waals surface area contributed by atoms with Gasteiger partial charge in [0.2, 0.25) is 0 Å². The van der Waals surface area contributed by atoms with E-state index >= 15 is 0 Å². The Bertz CT molecular complexity index is 159. The summed E-state index contributed by atoms with van der Waals surface area (Å²) in [6.07, 6.45) is 6.58. The molecule has 0 aromatic carbocycles. The molecule has 0 heterocycles. The lowest BCUT2D eigenvalue weighted by molar-refractivity contribution is -0.143. The minimum atomic E-state index is -0.139. The Morgan fingerprint density at radius 1 is 0.812 bits per heavy atom. The highest BCUT2D eigenvalue weighted by molar-refractivity contribution is 5.69. The predicted molar refractivity (Wildman–Crippen MR) is 62.1 cm³/mol. The van der Waals surface area contributed by atoms with E-state index in [9.17, 15) is 4.79 Å². The van der Waals surface area contributed by atoms with E-state index in [1.807, 2.05) is 0 Å². The van der Waals surface area contributed by atoms with Gasteiger partial charge in [0.25, 0.3) is 0 Å². The molecule has 0 amide bonds. The molecule has 0 aromatic rings. The molecule has 0 bridgehead atoms. The second kappa shape index (κ2) is 12.5. The number of aliphatic hydroxyl groups is 2. The van der Waals surface area contributed by atoms with Crippen LogP contribution < -0.4 is 0 Å². The maximum absolute atomic E-state index is 11.2. The molecule has 96 valence electrons. The number of rotatable bonds is 11. The van der Waals surface area contributed by atoms with Crippen molar-refractivity contribution in [3.05, 3.63) is 0 Å². The third-order valence-electron chi connectivity index (χ3n) is 2.35. The molecule has 0 saturated heterocycles. The monoisotopic (exact) mass is 232 g/mol. The van der Waals surface area contributed by atoms with Crippen LogP contribution in [0.3, 0.4) is 0 Å². The summed E-state index contributed by atoms with van der Waals surface area (Å²) in [6.45, 7) is 0.925. The first-order valence-corrected chi connectivity index (χ1v) is 6.18. The van der Waals surface area contributed by atoms with Crippen LogP contribution in [0.1, 0.15) is 51.4 Å². The molecule has 0 spiro atoms. The molecule has 0 radical (unpaired) electrons. The lowest BCUT2D eigenvalue weighted by Gasteiger charge is -2.04. The van der Waals surface area contributed by atoms with Crippen molar-refractivity contribution in [3.8, 4) is 0 Å². The zero-order chi connectivity index (χ0) is 12.1. The lowest BCUT2D eigenvalue weighted by atomic mass is 10.2. The van der Waals surface area contributed by atoms with Crippen LogP contribution >= 0.6 is 0 Å². The second-order valence-corrected chi connectivity index (χ2v) is 3.89. The normalized spacial score (nSPS) is 10.4. The number of carbonyl (C=O) groups excluding carboxylic acids is 1. The molecule has 16 heavy (non-hydrogen) atoms. The van der Waals surface area contributed by atoms with Crippen LogP contribution in [-0.2, 0) is 9.53 Å². The highest BCUT2D eigenvalue weighted by atomic mass is 16.5. The number of unbranched alkanes of at least 4 members (excludes halogenated alkanes) is 5. The summed E-state index contributed by atoms with van der Waals surface area (Å²) in [5, 5.41) is 17.1. The van der Waals surface area contributed by atoms with Gasteiger partial charge in [-0.15, -0.1) is 0 Å². The van der Waals surface area contributed by atoms with Gasteiger partial charge in [-0.2, -0.15) is 0 Å². The van der Waals surface area contributed by atoms with Crippen molar-refractivity contribution < 1.29 is 19.7 Å². The first-order valence-electron chi connectivity index (χ1n) is 6.18. The molecule has 0 aromatic heterocycles. The molecule has 0 aliphatic heterocycles. The Morgan fingerprint density at radius 2 is 1.38 bits per heavy atom. The summed E-state index contributed by atoms with van der Waals surface area (Å²) < 4.78 is 5.04. The topological polar surface area (TPSA) is 66.8 Å². The van der Waals surface area contributed by atoms with Crippen LogP contribution in [-0.4, -0.2) is 36.0 Å². The van der Waals surface area contributed by atoms with Crippen LogP contribution in [0.2, 0.25) is 0 Å². The number of ether oxygens (including phenoxy) is 1. The fourth-order valence-corrected chi connectivity index (χ4v) is 1.38. The number of hydrogen-bond acceptors (Lipinski definition) is 4. The van der Waals surface area contributed by atoms with Gasteiger partial charge in [0.05, 0.1) is 6.61 Å². The standard InChI is InChI=1S/C12H24O4/c13-9-5-1-2-7-11-16-12(15)8-4-3-6-10-14/h13-14H,1-11H2. The molecular weight excluding hydrogens is 208 g/mol. The van der Waals surface area contributed by atoms with E-state index in [0.29, 0.717) is 13.0 Å². The van der Waals surface area contributed by atoms with E-state index in [1.54, 1.807) is 0 Å². The zero-order valence-corrected chi connectivity index (χ0v) is 9.99. The largest absolute Gasteiger partial charge is 0.466 e. The van der Waals surface area contributed by atoms with E-state index in [1.165, 1.54) is 0 Å². The number of carbonyl (C=O) groups is 1. The second-order valence-electron chi connectivity index (χ2n) is 3.89. The zero-order valence-electron chi connectivity index (χ0n) is 9.99. The molecule has 0 unspecified atom stereocenters. The molecule has 4 nitrogen and oxygen atoms in total. The van der Waals surface area contributed by atoms with Crippen LogP contribution in [0.25, 0.3) is 0 Å². The van der Waals surface area contributed by atoms with Gasteiger partial charge in [0, 0.05) is 19.6 Å². The first kappa shape index (κ1) is 15.4. The van der Waals surface area contributed by atoms with Crippen molar-refractivity contribution in [1.29, 1.82) is 0 Å². The Kier molecular flexibility index (Phi) is 12.0. The Balaban J connectivity index is 3.11. The van der Waals surface area contributed by atoms with Gasteiger partial charge in [-0.3, -0.25) is 4.79 Å². The van der Waals surface area contributed by atoms with Crippen LogP contribution in [0, 0.1) is 0 Å². The van der Waals surface area contributed by atoms with Crippen molar-refractivity contribution in [1.82, 2.24) is 0 Å². The van der Waals surface area contributed by atoms with Crippen molar-refractivity contribution in [2.24, 2.45) is 0 Å². The Labute approximate surface area is 97.6 Å². The average molecular weight is 232 g/mol. The number of esters is 1. The molecule has 0 aliphatic rings. The van der Waals surface area contributed by atoms with Gasteiger partial charge in [-0.05, 0) is 32.1 Å². The van der Waals surface area contributed by atoms with Crippen molar-refractivity contribution in [2.75, 3.05) is 19.8 Å². The van der Waals surface area contributed by atoms with Gasteiger partial charge < -0.3 is 14.9 Å². The highest BCUT2D eigenvalue weighted by Crippen LogP contribution is 2.03. The maximum Gasteiger partial charge on any atom is 0.305 e. The molecule has 4 heteroatoms. The quantitative estimate of drug-likeness (QED) is 0.420. The third kappa shape index (κ3) is 11.5. The van der Waals surface area contributed by atoms with E-state index in [4.69, 9.17) is 14.9 Å². The van der Waals surface area contributed by atoms with Crippen molar-refractivity contribution >= 4 is 5.97 Å². The van der Waals surface area contributed by atoms with Crippen LogP contribution in [0.4, 0.5) is 0 Å². The minimum Gasteiger partial charge on any atom is -0.466 e. The molecule has 0 aliphatic carbocycles. The lowest BCUT2D eigenvalue weighted by Crippen LogP contribution is -2.05. The van der Waals surface area contributed by atoms with Crippen LogP contribution in [0.15, 0.2) is 0 Å². The van der Waals surface area contributed by atoms with Gasteiger partial charge >= 0.3 is 5.97 Å². The van der Waals surface area contributed by atoms with E-state index in [-0.39, 0.29) is 19.2 Å². The fraction of sp³-hybridized carbons (Fsp3) is 0.917. The van der Waals surface area contributed by atoms with Gasteiger partial charge in [0.15, 0.2) is 0 Å². The Hall–Kier alpha value is -0.610. The van der Waals surface area contributed by atoms with Crippen molar-refractivity contribution in [3.63, 3.8) is 0 Å². The molecule has 0 saturated carbocycles. The maximum atomic E-state index is 11.2. The van der Waals surface area contributed by atoms with E-state index in [0.717, 1.165) is 44.9 Å². The first-order chi connectivity index (χ1) is 7.81. The molecule has 0 atom stereocenters. The predicted octanol–water partition coefficient (Wildman–Crippen LogP) is 1.64. The van der Waals surface area contributed by atoms with Gasteiger partial charge in [-0.25, -0.2) is 0 Å². The average Bonchev–Trinajstić information content (AvgIpc) is 2.29. The summed E-state index contributed by atoms with van der Waals surface area (Å²) in [5.74, 6) is -0.139. The molecule has 0 fully saturated rings. The van der Waals surface area contributed by atoms with Crippen molar-refractivity contribution in [2.45, 2.75) is 51.4 Å².